The van der Waals surface area contributed by atoms with Gasteiger partial charge in [0, 0.05) is 25.0 Å². The Balaban J connectivity index is 1.63. The van der Waals surface area contributed by atoms with E-state index in [1.54, 1.807) is 6.92 Å². The maximum atomic E-state index is 13.1. The van der Waals surface area contributed by atoms with Gasteiger partial charge in [-0.3, -0.25) is 19.2 Å². The largest absolute Gasteiger partial charge is 0.469 e. The number of hydrogen-bond donors (Lipinski definition) is 3. The average Bonchev–Trinajstić information content (AvgIpc) is 3.12. The summed E-state index contributed by atoms with van der Waals surface area (Å²) in [6.07, 6.45) is 2.13. The van der Waals surface area contributed by atoms with Crippen LogP contribution in [0, 0.1) is 0 Å². The molecule has 0 bridgehead atoms. The van der Waals surface area contributed by atoms with E-state index in [2.05, 4.69) is 101 Å². The molecule has 3 aromatic rings. The molecule has 2 unspecified atom stereocenters. The van der Waals surface area contributed by atoms with E-state index in [1.165, 1.54) is 23.0 Å². The highest BCUT2D eigenvalue weighted by molar-refractivity contribution is 7.95. The molecule has 3 rings (SSSR count). The molecule has 0 saturated carbocycles. The van der Waals surface area contributed by atoms with Gasteiger partial charge in [0.1, 0.15) is 29.2 Å². The molecule has 0 aliphatic carbocycles. The number of hydrogen-bond acceptors (Lipinski definition) is 8. The van der Waals surface area contributed by atoms with Crippen molar-refractivity contribution in [2.24, 2.45) is 0 Å². The van der Waals surface area contributed by atoms with Crippen molar-refractivity contribution >= 4 is 65.3 Å². The molecule has 48 heavy (non-hydrogen) atoms. The highest BCUT2D eigenvalue weighted by Crippen LogP contribution is 2.55. The van der Waals surface area contributed by atoms with Crippen molar-refractivity contribution in [3.8, 4) is 0 Å². The van der Waals surface area contributed by atoms with Gasteiger partial charge in [-0.2, -0.15) is 12.6 Å². The van der Waals surface area contributed by atoms with Crippen LogP contribution in [0.3, 0.4) is 0 Å². The number of thiol groups is 1. The summed E-state index contributed by atoms with van der Waals surface area (Å²) in [6, 6.07) is 29.7. The van der Waals surface area contributed by atoms with Gasteiger partial charge in [0.2, 0.25) is 11.8 Å². The Kier molecular flexibility index (Phi) is 16.3. The van der Waals surface area contributed by atoms with E-state index in [9.17, 15) is 24.0 Å². The summed E-state index contributed by atoms with van der Waals surface area (Å²) in [4.78, 5) is 62.3. The quantitative estimate of drug-likeness (QED) is 0.0709. The first kappa shape index (κ1) is 38.4. The number of amides is 2. The van der Waals surface area contributed by atoms with Crippen molar-refractivity contribution in [1.29, 1.82) is 0 Å². The minimum atomic E-state index is -2.02. The fourth-order valence-corrected chi connectivity index (χ4v) is 10.3. The molecule has 0 spiro atoms. The lowest BCUT2D eigenvalue weighted by atomic mass is 10.1. The predicted molar refractivity (Wildman–Crippen MR) is 194 cm³/mol. The minimum absolute atomic E-state index is 0.00326. The first-order valence-corrected chi connectivity index (χ1v) is 18.9. The van der Waals surface area contributed by atoms with Crippen LogP contribution in [0.1, 0.15) is 51.9 Å². The Morgan fingerprint density at radius 1 is 0.688 bits per heavy atom. The van der Waals surface area contributed by atoms with Gasteiger partial charge in [-0.25, -0.2) is 4.79 Å². The zero-order chi connectivity index (χ0) is 34.8. The van der Waals surface area contributed by atoms with E-state index >= 15 is 0 Å². The number of nitrogens with one attached hydrogen (secondary N) is 2. The van der Waals surface area contributed by atoms with Gasteiger partial charge in [0.05, 0.1) is 32.3 Å². The van der Waals surface area contributed by atoms with Gasteiger partial charge in [0.25, 0.3) is 0 Å². The lowest BCUT2D eigenvalue weighted by Crippen LogP contribution is -2.45. The van der Waals surface area contributed by atoms with Gasteiger partial charge in [-0.05, 0) is 62.6 Å². The Morgan fingerprint density at radius 2 is 1.19 bits per heavy atom. The van der Waals surface area contributed by atoms with Gasteiger partial charge in [-0.1, -0.05) is 54.6 Å². The summed E-state index contributed by atoms with van der Waals surface area (Å²) < 4.78 is 9.73. The van der Waals surface area contributed by atoms with Crippen LogP contribution in [0.15, 0.2) is 91.0 Å². The maximum Gasteiger partial charge on any atom is 0.328 e. The number of rotatable bonds is 20. The van der Waals surface area contributed by atoms with Crippen molar-refractivity contribution in [3.63, 3.8) is 0 Å². The zero-order valence-corrected chi connectivity index (χ0v) is 29.4. The Morgan fingerprint density at radius 3 is 1.67 bits per heavy atom. The minimum Gasteiger partial charge on any atom is -0.469 e. The van der Waals surface area contributed by atoms with E-state index < -0.39 is 37.2 Å². The monoisotopic (exact) mass is 693 g/mol. The van der Waals surface area contributed by atoms with Crippen LogP contribution in [-0.2, 0) is 33.4 Å². The molecule has 0 fully saturated rings. The summed E-state index contributed by atoms with van der Waals surface area (Å²) in [5, 5.41) is 9.19. The number of benzene rings is 3. The van der Waals surface area contributed by atoms with Crippen molar-refractivity contribution in [3.05, 3.63) is 91.0 Å². The summed E-state index contributed by atoms with van der Waals surface area (Å²) in [5.74, 6) is -2.23. The number of esters is 2. The fourth-order valence-electron chi connectivity index (χ4n) is 5.55. The first-order valence-electron chi connectivity index (χ1n) is 16.3. The molecule has 2 amide bonds. The summed E-state index contributed by atoms with van der Waals surface area (Å²) in [6.45, 7) is 1.79. The zero-order valence-electron chi connectivity index (χ0n) is 27.6. The number of carbonyl (C=O) groups is 5. The van der Waals surface area contributed by atoms with Gasteiger partial charge >= 0.3 is 11.9 Å². The molecule has 0 radical (unpaired) electrons. The third-order valence-corrected chi connectivity index (χ3v) is 12.9. The second kappa shape index (κ2) is 20.4. The molecular formula is C37H46N2O7PS+. The van der Waals surface area contributed by atoms with Crippen LogP contribution in [0.4, 0.5) is 0 Å². The normalized spacial score (nSPS) is 12.3. The van der Waals surface area contributed by atoms with Crippen LogP contribution >= 0.6 is 19.9 Å². The molecular weight excluding hydrogens is 647 g/mol. The summed E-state index contributed by atoms with van der Waals surface area (Å²) in [5.41, 5.74) is 0. The van der Waals surface area contributed by atoms with Crippen molar-refractivity contribution in [2.45, 2.75) is 64.0 Å². The van der Waals surface area contributed by atoms with Crippen molar-refractivity contribution in [1.82, 2.24) is 10.6 Å². The van der Waals surface area contributed by atoms with Crippen LogP contribution < -0.4 is 26.5 Å². The molecule has 0 heterocycles. The van der Waals surface area contributed by atoms with Gasteiger partial charge < -0.3 is 20.1 Å². The molecule has 256 valence electrons. The topological polar surface area (TPSA) is 128 Å². The van der Waals surface area contributed by atoms with E-state index in [0.29, 0.717) is 6.42 Å². The van der Waals surface area contributed by atoms with Crippen LogP contribution in [0.2, 0.25) is 0 Å². The number of carbonyl (C=O) groups excluding carboxylic acids is 5. The molecule has 9 nitrogen and oxygen atoms in total. The van der Waals surface area contributed by atoms with E-state index in [4.69, 9.17) is 4.74 Å². The highest BCUT2D eigenvalue weighted by atomic mass is 32.1. The molecule has 0 aliphatic rings. The predicted octanol–water partition coefficient (Wildman–Crippen LogP) is 3.92. The molecule has 11 heteroatoms. The average molecular weight is 694 g/mol. The molecule has 0 aromatic heterocycles. The third-order valence-electron chi connectivity index (χ3n) is 8.01. The van der Waals surface area contributed by atoms with E-state index in [1.807, 2.05) is 18.2 Å². The smallest absolute Gasteiger partial charge is 0.328 e. The lowest BCUT2D eigenvalue weighted by Gasteiger charge is -2.27. The fraction of sp³-hybridized carbons (Fsp3) is 0.378. The number of ether oxygens (including phenoxy) is 2. The number of methoxy groups -OCH3 is 1. The standard InChI is InChI=1S/C37H45N2O7PS/c1-3-46-37(44)31(22-24-35(42)39-32(27-48)33(40)23-25-36(43)45-2)38-34(41)21-13-14-26-47(28-15-7-4-8-16-28,29-17-9-5-10-18-29)30-19-11-6-12-20-30/h4-12,15-20,31-32H,3,13-14,21-27H2,1-2H3,(H2-,38,39,41,42,48)/p+1. The van der Waals surface area contributed by atoms with Crippen LogP contribution in [0.5, 0.6) is 0 Å². The van der Waals surface area contributed by atoms with Crippen LogP contribution in [-0.4, -0.2) is 67.3 Å². The Hall–Kier alpha value is -4.01. The highest BCUT2D eigenvalue weighted by Gasteiger charge is 2.44. The van der Waals surface area contributed by atoms with Crippen molar-refractivity contribution in [2.75, 3.05) is 25.6 Å². The molecule has 2 N–H and O–H groups in total. The SMILES string of the molecule is CCOC(=O)C(CCC(=O)NC(CS)C(=O)CCC(=O)OC)NC(=O)CCCC[P+](c1ccccc1)(c1ccccc1)c1ccccc1. The maximum absolute atomic E-state index is 13.1. The van der Waals surface area contributed by atoms with Crippen molar-refractivity contribution < 1.29 is 33.4 Å². The van der Waals surface area contributed by atoms with E-state index in [0.717, 1.165) is 12.6 Å². The number of ketones is 1. The van der Waals surface area contributed by atoms with Gasteiger partial charge in [0.15, 0.2) is 5.78 Å². The van der Waals surface area contributed by atoms with Crippen LogP contribution in [0.25, 0.3) is 0 Å². The Bertz CT molecular complexity index is 1380. The first-order chi connectivity index (χ1) is 23.2. The summed E-state index contributed by atoms with van der Waals surface area (Å²) in [7, 11) is -0.788. The molecule has 2 atom stereocenters. The number of Topliss-reactive ketones (excluding diaryl/α,β-unsaturated/α-hetero) is 1. The number of unbranched alkanes of at least 4 members (excludes halogenated alkanes) is 1. The lowest BCUT2D eigenvalue weighted by molar-refractivity contribution is -0.147. The van der Waals surface area contributed by atoms with Gasteiger partial charge in [-0.15, -0.1) is 0 Å². The molecule has 0 aliphatic heterocycles. The Labute approximate surface area is 289 Å². The molecule has 3 aromatic carbocycles. The summed E-state index contributed by atoms with van der Waals surface area (Å²) >= 11 is 4.15. The molecule has 0 saturated heterocycles. The van der Waals surface area contributed by atoms with E-state index in [-0.39, 0.29) is 56.2 Å². The second-order valence-corrected chi connectivity index (χ2v) is 15.2. The third kappa shape index (κ3) is 11.3. The second-order valence-electron chi connectivity index (χ2n) is 11.3.